The van der Waals surface area contributed by atoms with Crippen LogP contribution in [0.25, 0.3) is 0 Å². The van der Waals surface area contributed by atoms with Gasteiger partial charge in [0, 0.05) is 65.1 Å². The van der Waals surface area contributed by atoms with Crippen LogP contribution in [0.15, 0.2) is 23.3 Å². The molecule has 0 saturated carbocycles. The zero-order chi connectivity index (χ0) is 22.1. The molecule has 2 N–H and O–H groups in total. The monoisotopic (exact) mass is 559 g/mol. The summed E-state index contributed by atoms with van der Waals surface area (Å²) in [6, 6.07) is 4.23. The van der Waals surface area contributed by atoms with E-state index in [4.69, 9.17) is 9.73 Å². The van der Waals surface area contributed by atoms with E-state index < -0.39 is 0 Å². The van der Waals surface area contributed by atoms with Crippen molar-refractivity contribution in [1.29, 1.82) is 0 Å². The zero-order valence-electron chi connectivity index (χ0n) is 20.2. The number of likely N-dealkylation sites (N-methyl/N-ethyl adjacent to an activating group) is 1. The van der Waals surface area contributed by atoms with Crippen molar-refractivity contribution in [3.63, 3.8) is 0 Å². The highest BCUT2D eigenvalue weighted by atomic mass is 127. The van der Waals surface area contributed by atoms with Crippen LogP contribution in [0.5, 0.6) is 0 Å². The molecule has 182 valence electrons. The topological polar surface area (TPSA) is 68.3 Å². The molecule has 0 radical (unpaired) electrons. The van der Waals surface area contributed by atoms with E-state index in [1.807, 2.05) is 6.20 Å². The number of nitrogens with zero attached hydrogens (tertiary/aromatic N) is 5. The van der Waals surface area contributed by atoms with Gasteiger partial charge < -0.3 is 25.2 Å². The number of hydrogen-bond acceptors (Lipinski definition) is 6. The van der Waals surface area contributed by atoms with Gasteiger partial charge in [-0.05, 0) is 37.6 Å². The fraction of sp³-hybridized carbons (Fsp3) is 0.739. The van der Waals surface area contributed by atoms with E-state index in [0.717, 1.165) is 77.3 Å². The second kappa shape index (κ2) is 14.2. The van der Waals surface area contributed by atoms with Crippen molar-refractivity contribution in [3.8, 4) is 0 Å². The maximum atomic E-state index is 5.97. The molecule has 2 saturated heterocycles. The third-order valence-corrected chi connectivity index (χ3v) is 5.74. The average molecular weight is 560 g/mol. The molecule has 8 nitrogen and oxygen atoms in total. The molecule has 0 aliphatic carbocycles. The molecule has 1 aromatic heterocycles. The number of pyridine rings is 1. The van der Waals surface area contributed by atoms with Gasteiger partial charge in [0.15, 0.2) is 5.96 Å². The van der Waals surface area contributed by atoms with E-state index in [1.165, 1.54) is 5.56 Å². The van der Waals surface area contributed by atoms with Crippen LogP contribution in [0.2, 0.25) is 0 Å². The van der Waals surface area contributed by atoms with Gasteiger partial charge in [0.25, 0.3) is 0 Å². The predicted octanol–water partition coefficient (Wildman–Crippen LogP) is 1.86. The first-order valence-corrected chi connectivity index (χ1v) is 11.8. The first-order chi connectivity index (χ1) is 15.0. The van der Waals surface area contributed by atoms with Crippen LogP contribution in [0, 0.1) is 5.92 Å². The van der Waals surface area contributed by atoms with Crippen molar-refractivity contribution in [1.82, 2.24) is 25.4 Å². The highest BCUT2D eigenvalue weighted by molar-refractivity contribution is 14.0. The minimum Gasteiger partial charge on any atom is -0.374 e. The summed E-state index contributed by atoms with van der Waals surface area (Å²) in [5.41, 5.74) is 1.18. The molecule has 0 amide bonds. The number of rotatable bonds is 8. The Morgan fingerprint density at radius 2 is 2.00 bits per heavy atom. The van der Waals surface area contributed by atoms with Gasteiger partial charge in [-0.3, -0.25) is 4.90 Å². The Hall–Kier alpha value is -1.17. The molecule has 9 heteroatoms. The SMILES string of the molecule is CCNC(=NCc1ccnc(N2CCN(C)CC2)c1)NCC1CN(CC(C)C)CCO1.I. The van der Waals surface area contributed by atoms with Crippen LogP contribution in [-0.2, 0) is 11.3 Å². The van der Waals surface area contributed by atoms with Gasteiger partial charge in [-0.1, -0.05) is 13.8 Å². The molecule has 1 atom stereocenters. The molecule has 0 spiro atoms. The van der Waals surface area contributed by atoms with Gasteiger partial charge >= 0.3 is 0 Å². The normalized spacial score (nSPS) is 20.8. The summed E-state index contributed by atoms with van der Waals surface area (Å²) in [5, 5.41) is 6.83. The highest BCUT2D eigenvalue weighted by Gasteiger charge is 2.21. The third kappa shape index (κ3) is 8.99. The van der Waals surface area contributed by atoms with Crippen LogP contribution in [0.3, 0.4) is 0 Å². The van der Waals surface area contributed by atoms with E-state index in [-0.39, 0.29) is 30.1 Å². The molecule has 2 aliphatic heterocycles. The van der Waals surface area contributed by atoms with Gasteiger partial charge in [0.05, 0.1) is 19.3 Å². The fourth-order valence-electron chi connectivity index (χ4n) is 4.08. The fourth-order valence-corrected chi connectivity index (χ4v) is 4.08. The van der Waals surface area contributed by atoms with Gasteiger partial charge in [0.2, 0.25) is 0 Å². The highest BCUT2D eigenvalue weighted by Crippen LogP contribution is 2.15. The van der Waals surface area contributed by atoms with Crippen molar-refractivity contribution >= 4 is 35.8 Å². The number of ether oxygens (including phenoxy) is 1. The lowest BCUT2D eigenvalue weighted by molar-refractivity contribution is -0.0284. The average Bonchev–Trinajstić information content (AvgIpc) is 2.76. The van der Waals surface area contributed by atoms with Crippen LogP contribution >= 0.6 is 24.0 Å². The Morgan fingerprint density at radius 3 is 2.72 bits per heavy atom. The van der Waals surface area contributed by atoms with Crippen LogP contribution in [0.1, 0.15) is 26.3 Å². The molecule has 1 unspecified atom stereocenters. The first-order valence-electron chi connectivity index (χ1n) is 11.8. The Balaban J connectivity index is 0.00000363. The standard InChI is InChI=1S/C23H41N7O.HI/c1-5-24-23(27-16-21-18-29(12-13-31-21)17-19(2)3)26-15-20-6-7-25-22(14-20)30-10-8-28(4)9-11-30;/h6-7,14,19,21H,5,8-13,15-18H2,1-4H3,(H2,24,26,27);1H. The molecule has 0 bridgehead atoms. The number of aliphatic imine (C=N–C) groups is 1. The van der Waals surface area contributed by atoms with E-state index in [0.29, 0.717) is 12.5 Å². The summed E-state index contributed by atoms with van der Waals surface area (Å²) in [6.07, 6.45) is 2.10. The summed E-state index contributed by atoms with van der Waals surface area (Å²) in [7, 11) is 2.17. The van der Waals surface area contributed by atoms with Gasteiger partial charge in [-0.15, -0.1) is 24.0 Å². The zero-order valence-corrected chi connectivity index (χ0v) is 22.5. The first kappa shape index (κ1) is 27.1. The van der Waals surface area contributed by atoms with E-state index >= 15 is 0 Å². The quantitative estimate of drug-likeness (QED) is 0.287. The number of hydrogen-bond donors (Lipinski definition) is 2. The smallest absolute Gasteiger partial charge is 0.191 e. The molecule has 32 heavy (non-hydrogen) atoms. The summed E-state index contributed by atoms with van der Waals surface area (Å²) < 4.78 is 5.97. The number of halogens is 1. The summed E-state index contributed by atoms with van der Waals surface area (Å²) in [5.74, 6) is 2.58. The molecule has 0 aromatic carbocycles. The minimum absolute atomic E-state index is 0. The van der Waals surface area contributed by atoms with Gasteiger partial charge in [0.1, 0.15) is 5.82 Å². The lowest BCUT2D eigenvalue weighted by Gasteiger charge is -2.34. The van der Waals surface area contributed by atoms with Gasteiger partial charge in [-0.25, -0.2) is 9.98 Å². The van der Waals surface area contributed by atoms with Crippen molar-refractivity contribution in [2.45, 2.75) is 33.4 Å². The Kier molecular flexibility index (Phi) is 12.0. The van der Waals surface area contributed by atoms with E-state index in [1.54, 1.807) is 0 Å². The number of anilines is 1. The summed E-state index contributed by atoms with van der Waals surface area (Å²) >= 11 is 0. The number of morpholine rings is 1. The molecule has 3 heterocycles. The van der Waals surface area contributed by atoms with Crippen molar-refractivity contribution in [2.24, 2.45) is 10.9 Å². The molecule has 2 aliphatic rings. The number of piperazine rings is 1. The largest absolute Gasteiger partial charge is 0.374 e. The molecule has 2 fully saturated rings. The van der Waals surface area contributed by atoms with Crippen LogP contribution < -0.4 is 15.5 Å². The Bertz CT molecular complexity index is 695. The maximum Gasteiger partial charge on any atom is 0.191 e. The lowest BCUT2D eigenvalue weighted by Crippen LogP contribution is -2.50. The molecular weight excluding hydrogens is 517 g/mol. The predicted molar refractivity (Wildman–Crippen MR) is 143 cm³/mol. The second-order valence-corrected chi connectivity index (χ2v) is 9.03. The number of aromatic nitrogens is 1. The van der Waals surface area contributed by atoms with E-state index in [2.05, 4.69) is 70.3 Å². The lowest BCUT2D eigenvalue weighted by atomic mass is 10.2. The maximum absolute atomic E-state index is 5.97. The minimum atomic E-state index is 0. The summed E-state index contributed by atoms with van der Waals surface area (Å²) in [6.45, 7) is 17.0. The summed E-state index contributed by atoms with van der Waals surface area (Å²) in [4.78, 5) is 16.6. The molecule has 1 aromatic rings. The van der Waals surface area contributed by atoms with Crippen molar-refractivity contribution in [3.05, 3.63) is 23.9 Å². The van der Waals surface area contributed by atoms with Gasteiger partial charge in [-0.2, -0.15) is 0 Å². The van der Waals surface area contributed by atoms with Crippen LogP contribution in [-0.4, -0.2) is 99.4 Å². The third-order valence-electron chi connectivity index (χ3n) is 5.74. The Morgan fingerprint density at radius 1 is 1.22 bits per heavy atom. The van der Waals surface area contributed by atoms with Crippen molar-refractivity contribution < 1.29 is 4.74 Å². The molecular formula is C23H42IN7O. The second-order valence-electron chi connectivity index (χ2n) is 9.03. The molecule has 3 rings (SSSR count). The number of nitrogens with one attached hydrogen (secondary N) is 2. The van der Waals surface area contributed by atoms with Crippen LogP contribution in [0.4, 0.5) is 5.82 Å². The van der Waals surface area contributed by atoms with Crippen molar-refractivity contribution in [2.75, 3.05) is 77.5 Å². The number of guanidine groups is 1. The van der Waals surface area contributed by atoms with E-state index in [9.17, 15) is 0 Å². The Labute approximate surface area is 211 Å².